The van der Waals surface area contributed by atoms with E-state index in [4.69, 9.17) is 14.2 Å². The van der Waals surface area contributed by atoms with Gasteiger partial charge in [0.05, 0.1) is 26.4 Å². The van der Waals surface area contributed by atoms with E-state index in [1.165, 1.54) is 11.1 Å². The third kappa shape index (κ3) is 1.85. The highest BCUT2D eigenvalue weighted by Crippen LogP contribution is 2.40. The number of rotatable bonds is 2. The van der Waals surface area contributed by atoms with Crippen LogP contribution in [0.2, 0.25) is 0 Å². The fourth-order valence-corrected chi connectivity index (χ4v) is 2.97. The summed E-state index contributed by atoms with van der Waals surface area (Å²) in [5.74, 6) is 1.59. The summed E-state index contributed by atoms with van der Waals surface area (Å²) in [6.45, 7) is 1.95. The van der Waals surface area contributed by atoms with Crippen molar-refractivity contribution in [3.8, 4) is 11.5 Å². The van der Waals surface area contributed by atoms with Gasteiger partial charge in [-0.25, -0.2) is 0 Å². The molecule has 1 saturated heterocycles. The minimum atomic E-state index is 0.164. The van der Waals surface area contributed by atoms with Gasteiger partial charge < -0.3 is 19.1 Å². The zero-order valence-corrected chi connectivity index (χ0v) is 11.1. The number of benzene rings is 1. The van der Waals surface area contributed by atoms with Crippen molar-refractivity contribution in [2.45, 2.75) is 18.6 Å². The fourth-order valence-electron chi connectivity index (χ4n) is 2.97. The molecule has 18 heavy (non-hydrogen) atoms. The third-order valence-electron chi connectivity index (χ3n) is 3.79. The van der Waals surface area contributed by atoms with Gasteiger partial charge in [-0.1, -0.05) is 0 Å². The van der Waals surface area contributed by atoms with Crippen LogP contribution in [0.15, 0.2) is 12.1 Å². The largest absolute Gasteiger partial charge is 0.493 e. The SMILES string of the molecule is COc1cc2c(cc1OC)[C@@H]1CN(C)C[C@H](C2)O1. The van der Waals surface area contributed by atoms with E-state index in [0.717, 1.165) is 31.0 Å². The van der Waals surface area contributed by atoms with Crippen molar-refractivity contribution in [1.29, 1.82) is 0 Å². The van der Waals surface area contributed by atoms with Crippen molar-refractivity contribution in [3.05, 3.63) is 23.3 Å². The summed E-state index contributed by atoms with van der Waals surface area (Å²) in [7, 11) is 5.50. The summed E-state index contributed by atoms with van der Waals surface area (Å²) < 4.78 is 16.8. The molecule has 1 aromatic rings. The van der Waals surface area contributed by atoms with Gasteiger partial charge in [-0.2, -0.15) is 0 Å². The second-order valence-corrected chi connectivity index (χ2v) is 5.08. The lowest BCUT2D eigenvalue weighted by molar-refractivity contribution is -0.0897. The summed E-state index contributed by atoms with van der Waals surface area (Å²) in [4.78, 5) is 2.33. The Bertz CT molecular complexity index is 461. The topological polar surface area (TPSA) is 30.9 Å². The molecule has 0 saturated carbocycles. The molecule has 0 spiro atoms. The summed E-state index contributed by atoms with van der Waals surface area (Å²) >= 11 is 0. The maximum Gasteiger partial charge on any atom is 0.161 e. The highest BCUT2D eigenvalue weighted by atomic mass is 16.5. The van der Waals surface area contributed by atoms with Crippen LogP contribution in [0.1, 0.15) is 17.2 Å². The molecule has 0 radical (unpaired) electrons. The Labute approximate surface area is 107 Å². The van der Waals surface area contributed by atoms with Crippen LogP contribution in [0.25, 0.3) is 0 Å². The van der Waals surface area contributed by atoms with Gasteiger partial charge in [-0.15, -0.1) is 0 Å². The Morgan fingerprint density at radius 1 is 1.17 bits per heavy atom. The molecule has 2 atom stereocenters. The third-order valence-corrected chi connectivity index (χ3v) is 3.79. The number of morpholine rings is 1. The van der Waals surface area contributed by atoms with Crippen molar-refractivity contribution in [2.75, 3.05) is 34.4 Å². The summed E-state index contributed by atoms with van der Waals surface area (Å²) in [6, 6.07) is 4.16. The van der Waals surface area contributed by atoms with E-state index in [-0.39, 0.29) is 6.10 Å². The average molecular weight is 249 g/mol. The smallest absolute Gasteiger partial charge is 0.161 e. The number of methoxy groups -OCH3 is 2. The molecule has 3 rings (SSSR count). The second-order valence-electron chi connectivity index (χ2n) is 5.08. The molecule has 0 aliphatic carbocycles. The second kappa shape index (κ2) is 4.44. The van der Waals surface area contributed by atoms with E-state index in [9.17, 15) is 0 Å². The Balaban J connectivity index is 2.03. The maximum atomic E-state index is 6.05. The van der Waals surface area contributed by atoms with Gasteiger partial charge in [0.25, 0.3) is 0 Å². The van der Waals surface area contributed by atoms with Gasteiger partial charge >= 0.3 is 0 Å². The zero-order valence-electron chi connectivity index (χ0n) is 11.1. The average Bonchev–Trinajstić information content (AvgIpc) is 2.36. The number of hydrogen-bond donors (Lipinski definition) is 0. The first kappa shape index (κ1) is 11.8. The van der Waals surface area contributed by atoms with Crippen LogP contribution in [-0.2, 0) is 11.2 Å². The van der Waals surface area contributed by atoms with Gasteiger partial charge in [0.2, 0.25) is 0 Å². The van der Waals surface area contributed by atoms with Crippen molar-refractivity contribution in [2.24, 2.45) is 0 Å². The van der Waals surface area contributed by atoms with Crippen molar-refractivity contribution < 1.29 is 14.2 Å². The molecule has 2 aliphatic heterocycles. The van der Waals surface area contributed by atoms with Crippen LogP contribution in [0.4, 0.5) is 0 Å². The maximum absolute atomic E-state index is 6.05. The van der Waals surface area contributed by atoms with Crippen LogP contribution < -0.4 is 9.47 Å². The monoisotopic (exact) mass is 249 g/mol. The minimum absolute atomic E-state index is 0.164. The lowest BCUT2D eigenvalue weighted by Gasteiger charge is -2.41. The van der Waals surface area contributed by atoms with Crippen molar-refractivity contribution >= 4 is 0 Å². The number of ether oxygens (including phenoxy) is 3. The molecule has 2 aliphatic rings. The van der Waals surface area contributed by atoms with Gasteiger partial charge in [0.15, 0.2) is 11.5 Å². The van der Waals surface area contributed by atoms with Crippen LogP contribution in [0.3, 0.4) is 0 Å². The summed E-state index contributed by atoms with van der Waals surface area (Å²) in [5.41, 5.74) is 2.58. The number of hydrogen-bond acceptors (Lipinski definition) is 4. The van der Waals surface area contributed by atoms with Crippen LogP contribution in [0.5, 0.6) is 11.5 Å². The van der Waals surface area contributed by atoms with E-state index in [1.807, 2.05) is 0 Å². The molecule has 0 amide bonds. The van der Waals surface area contributed by atoms with Crippen molar-refractivity contribution in [3.63, 3.8) is 0 Å². The van der Waals surface area contributed by atoms with E-state index in [2.05, 4.69) is 24.1 Å². The van der Waals surface area contributed by atoms with Crippen molar-refractivity contribution in [1.82, 2.24) is 4.90 Å². The number of nitrogens with zero attached hydrogens (tertiary/aromatic N) is 1. The quantitative estimate of drug-likeness (QED) is 0.797. The Morgan fingerprint density at radius 2 is 1.89 bits per heavy atom. The first-order chi connectivity index (χ1) is 8.71. The van der Waals surface area contributed by atoms with Crippen LogP contribution in [0, 0.1) is 0 Å². The predicted octanol–water partition coefficient (Wildman–Crippen LogP) is 1.63. The van der Waals surface area contributed by atoms with Gasteiger partial charge in [0.1, 0.15) is 0 Å². The highest BCUT2D eigenvalue weighted by molar-refractivity contribution is 5.49. The Kier molecular flexibility index (Phi) is 2.92. The standard InChI is InChI=1S/C14H19NO3/c1-15-7-10-4-9-5-12(16-2)13(17-3)6-11(9)14(8-15)18-10/h5-6,10,14H,4,7-8H2,1-3H3/t10-,14-/m0/s1. The van der Waals surface area contributed by atoms with E-state index in [1.54, 1.807) is 14.2 Å². The molecule has 1 fully saturated rings. The Hall–Kier alpha value is -1.26. The summed E-state index contributed by atoms with van der Waals surface area (Å²) in [6.07, 6.45) is 1.42. The molecule has 4 heteroatoms. The zero-order chi connectivity index (χ0) is 12.7. The normalized spacial score (nSPS) is 26.6. The lowest BCUT2D eigenvalue weighted by atomic mass is 9.91. The minimum Gasteiger partial charge on any atom is -0.493 e. The molecular formula is C14H19NO3. The van der Waals surface area contributed by atoms with Gasteiger partial charge in [0, 0.05) is 19.5 Å². The first-order valence-corrected chi connectivity index (χ1v) is 6.30. The molecule has 2 heterocycles. The molecule has 4 nitrogen and oxygen atoms in total. The van der Waals surface area contributed by atoms with E-state index in [0.29, 0.717) is 6.10 Å². The van der Waals surface area contributed by atoms with E-state index >= 15 is 0 Å². The molecule has 0 N–H and O–H groups in total. The number of fused-ring (bicyclic) bond motifs is 4. The summed E-state index contributed by atoms with van der Waals surface area (Å²) in [5, 5.41) is 0. The van der Waals surface area contributed by atoms with Crippen LogP contribution >= 0.6 is 0 Å². The predicted molar refractivity (Wildman–Crippen MR) is 68.4 cm³/mol. The molecule has 0 unspecified atom stereocenters. The van der Waals surface area contributed by atoms with Crippen LogP contribution in [-0.4, -0.2) is 45.4 Å². The van der Waals surface area contributed by atoms with Gasteiger partial charge in [-0.05, 0) is 30.3 Å². The molecule has 0 aromatic heterocycles. The highest BCUT2D eigenvalue weighted by Gasteiger charge is 2.34. The molecular weight excluding hydrogens is 230 g/mol. The molecule has 2 bridgehead atoms. The molecule has 1 aromatic carbocycles. The first-order valence-electron chi connectivity index (χ1n) is 6.30. The lowest BCUT2D eigenvalue weighted by Crippen LogP contribution is -2.45. The molecule has 98 valence electrons. The number of likely N-dealkylation sites (N-methyl/N-ethyl adjacent to an activating group) is 1. The van der Waals surface area contributed by atoms with E-state index < -0.39 is 0 Å². The Morgan fingerprint density at radius 3 is 2.61 bits per heavy atom. The van der Waals surface area contributed by atoms with Gasteiger partial charge in [-0.3, -0.25) is 0 Å². The fraction of sp³-hybridized carbons (Fsp3) is 0.571.